The first kappa shape index (κ1) is 8.97. The molecule has 0 aromatic carbocycles. The lowest BCUT2D eigenvalue weighted by Gasteiger charge is -2.38. The van der Waals surface area contributed by atoms with Gasteiger partial charge in [-0.1, -0.05) is 6.42 Å². The molecule has 4 aliphatic rings. The molecule has 0 N–H and O–H groups in total. The van der Waals surface area contributed by atoms with E-state index in [1.165, 1.54) is 25.7 Å². The fourth-order valence-electron chi connectivity index (χ4n) is 3.58. The van der Waals surface area contributed by atoms with E-state index >= 15 is 0 Å². The lowest BCUT2D eigenvalue weighted by atomic mass is 9.65. The molecule has 3 heteroatoms. The third-order valence-electron chi connectivity index (χ3n) is 4.69. The van der Waals surface area contributed by atoms with Crippen molar-refractivity contribution in [2.75, 3.05) is 19.8 Å². The van der Waals surface area contributed by atoms with E-state index in [0.717, 1.165) is 25.7 Å². The molecule has 4 atom stereocenters. The van der Waals surface area contributed by atoms with Crippen LogP contribution in [0, 0.1) is 11.3 Å². The number of hydrogen-bond donors (Lipinski definition) is 0. The second-order valence-corrected chi connectivity index (χ2v) is 5.61. The standard InChI is InChI=1S/C12H18O3/c1-2-8(9-5-13-9)4-12(3-1,10-6-14-10)11-7-15-11/h8-11H,1-7H2. The molecule has 3 saturated heterocycles. The summed E-state index contributed by atoms with van der Waals surface area (Å²) in [4.78, 5) is 0. The molecule has 3 aliphatic heterocycles. The van der Waals surface area contributed by atoms with Gasteiger partial charge in [-0.25, -0.2) is 0 Å². The van der Waals surface area contributed by atoms with Gasteiger partial charge in [-0.2, -0.15) is 0 Å². The summed E-state index contributed by atoms with van der Waals surface area (Å²) in [5.41, 5.74) is 0.370. The first-order valence-corrected chi connectivity index (χ1v) is 6.23. The second-order valence-electron chi connectivity index (χ2n) is 5.61. The number of ether oxygens (including phenoxy) is 3. The van der Waals surface area contributed by atoms with Crippen molar-refractivity contribution in [3.05, 3.63) is 0 Å². The van der Waals surface area contributed by atoms with Gasteiger partial charge in [0.1, 0.15) is 0 Å². The lowest BCUT2D eigenvalue weighted by molar-refractivity contribution is 0.0527. The molecule has 1 saturated carbocycles. The molecule has 0 spiro atoms. The van der Waals surface area contributed by atoms with Crippen molar-refractivity contribution in [2.24, 2.45) is 11.3 Å². The molecule has 3 nitrogen and oxygen atoms in total. The highest BCUT2D eigenvalue weighted by Crippen LogP contribution is 2.55. The zero-order valence-electron chi connectivity index (χ0n) is 8.98. The molecule has 84 valence electrons. The largest absolute Gasteiger partial charge is 0.373 e. The summed E-state index contributed by atoms with van der Waals surface area (Å²) in [6.45, 7) is 2.94. The maximum Gasteiger partial charge on any atom is 0.0891 e. The molecular formula is C12H18O3. The van der Waals surface area contributed by atoms with Gasteiger partial charge in [0.05, 0.1) is 38.1 Å². The second kappa shape index (κ2) is 2.96. The van der Waals surface area contributed by atoms with Crippen LogP contribution in [0.3, 0.4) is 0 Å². The first-order valence-electron chi connectivity index (χ1n) is 6.23. The average Bonchev–Trinajstić information content (AvgIpc) is 3.20. The molecule has 0 aromatic heterocycles. The monoisotopic (exact) mass is 210 g/mol. The quantitative estimate of drug-likeness (QED) is 0.660. The molecule has 0 radical (unpaired) electrons. The molecule has 0 aromatic rings. The maximum atomic E-state index is 5.58. The van der Waals surface area contributed by atoms with E-state index in [-0.39, 0.29) is 0 Å². The molecule has 3 heterocycles. The van der Waals surface area contributed by atoms with E-state index in [9.17, 15) is 0 Å². The third kappa shape index (κ3) is 1.44. The molecule has 1 aliphatic carbocycles. The highest BCUT2D eigenvalue weighted by molar-refractivity contribution is 5.07. The van der Waals surface area contributed by atoms with Crippen molar-refractivity contribution >= 4 is 0 Å². The minimum absolute atomic E-state index is 0.370. The Morgan fingerprint density at radius 3 is 2.13 bits per heavy atom. The van der Waals surface area contributed by atoms with E-state index in [4.69, 9.17) is 14.2 Å². The van der Waals surface area contributed by atoms with Crippen molar-refractivity contribution in [3.8, 4) is 0 Å². The first-order chi connectivity index (χ1) is 7.38. The zero-order chi connectivity index (χ0) is 9.88. The molecule has 0 bridgehead atoms. The Morgan fingerprint density at radius 2 is 1.60 bits per heavy atom. The van der Waals surface area contributed by atoms with Crippen LogP contribution in [0.5, 0.6) is 0 Å². The van der Waals surface area contributed by atoms with Crippen molar-refractivity contribution in [1.82, 2.24) is 0 Å². The van der Waals surface area contributed by atoms with Gasteiger partial charge < -0.3 is 14.2 Å². The van der Waals surface area contributed by atoms with Crippen LogP contribution in [-0.4, -0.2) is 38.1 Å². The van der Waals surface area contributed by atoms with Gasteiger partial charge in [0.25, 0.3) is 0 Å². The van der Waals surface area contributed by atoms with Gasteiger partial charge >= 0.3 is 0 Å². The molecule has 4 unspecified atom stereocenters. The molecule has 0 amide bonds. The van der Waals surface area contributed by atoms with Crippen LogP contribution in [-0.2, 0) is 14.2 Å². The summed E-state index contributed by atoms with van der Waals surface area (Å²) in [7, 11) is 0. The van der Waals surface area contributed by atoms with Crippen LogP contribution in [0.4, 0.5) is 0 Å². The van der Waals surface area contributed by atoms with Gasteiger partial charge in [-0.15, -0.1) is 0 Å². The third-order valence-corrected chi connectivity index (χ3v) is 4.69. The Hall–Kier alpha value is -0.120. The predicted octanol–water partition coefficient (Wildman–Crippen LogP) is 1.36. The summed E-state index contributed by atoms with van der Waals surface area (Å²) in [5, 5.41) is 0. The number of epoxide rings is 3. The van der Waals surface area contributed by atoms with E-state index in [2.05, 4.69) is 0 Å². The Bertz CT molecular complexity index is 254. The van der Waals surface area contributed by atoms with Crippen molar-refractivity contribution in [1.29, 1.82) is 0 Å². The topological polar surface area (TPSA) is 37.6 Å². The van der Waals surface area contributed by atoms with Crippen LogP contribution in [0.1, 0.15) is 25.7 Å². The van der Waals surface area contributed by atoms with Crippen LogP contribution in [0.15, 0.2) is 0 Å². The summed E-state index contributed by atoms with van der Waals surface area (Å²) < 4.78 is 16.6. The highest BCUT2D eigenvalue weighted by Gasteiger charge is 2.59. The smallest absolute Gasteiger partial charge is 0.0891 e. The average molecular weight is 210 g/mol. The molecular weight excluding hydrogens is 192 g/mol. The predicted molar refractivity (Wildman–Crippen MR) is 53.6 cm³/mol. The maximum absolute atomic E-state index is 5.58. The summed E-state index contributed by atoms with van der Waals surface area (Å²) in [5.74, 6) is 0.784. The van der Waals surface area contributed by atoms with Gasteiger partial charge in [0.2, 0.25) is 0 Å². The lowest BCUT2D eigenvalue weighted by Crippen LogP contribution is -2.40. The Kier molecular flexibility index (Phi) is 1.77. The van der Waals surface area contributed by atoms with Gasteiger partial charge in [-0.3, -0.25) is 0 Å². The van der Waals surface area contributed by atoms with E-state index in [0.29, 0.717) is 23.7 Å². The fraction of sp³-hybridized carbons (Fsp3) is 1.00. The Morgan fingerprint density at radius 1 is 0.933 bits per heavy atom. The number of hydrogen-bond acceptors (Lipinski definition) is 3. The van der Waals surface area contributed by atoms with Crippen LogP contribution >= 0.6 is 0 Å². The zero-order valence-corrected chi connectivity index (χ0v) is 8.98. The Balaban J connectivity index is 1.55. The van der Waals surface area contributed by atoms with Crippen molar-refractivity contribution < 1.29 is 14.2 Å². The minimum atomic E-state index is 0.370. The highest BCUT2D eigenvalue weighted by atomic mass is 16.6. The van der Waals surface area contributed by atoms with Gasteiger partial charge in [-0.05, 0) is 25.2 Å². The van der Waals surface area contributed by atoms with Crippen LogP contribution in [0.25, 0.3) is 0 Å². The van der Waals surface area contributed by atoms with Gasteiger partial charge in [0, 0.05) is 5.41 Å². The van der Waals surface area contributed by atoms with E-state index in [1.54, 1.807) is 0 Å². The van der Waals surface area contributed by atoms with E-state index in [1.807, 2.05) is 0 Å². The summed E-state index contributed by atoms with van der Waals surface area (Å²) in [6, 6.07) is 0. The normalized spacial score (nSPS) is 57.6. The minimum Gasteiger partial charge on any atom is -0.373 e. The van der Waals surface area contributed by atoms with E-state index < -0.39 is 0 Å². The summed E-state index contributed by atoms with van der Waals surface area (Å²) in [6.07, 6.45) is 6.87. The molecule has 4 rings (SSSR count). The molecule has 4 fully saturated rings. The SMILES string of the molecule is C1CC(C2CO2)CC(C2CO2)(C2CO2)C1. The van der Waals surface area contributed by atoms with Gasteiger partial charge in [0.15, 0.2) is 0 Å². The fourth-order valence-corrected chi connectivity index (χ4v) is 3.58. The van der Waals surface area contributed by atoms with Crippen LogP contribution < -0.4 is 0 Å². The van der Waals surface area contributed by atoms with Crippen molar-refractivity contribution in [3.63, 3.8) is 0 Å². The number of rotatable bonds is 3. The van der Waals surface area contributed by atoms with Crippen LogP contribution in [0.2, 0.25) is 0 Å². The molecule has 15 heavy (non-hydrogen) atoms. The summed E-state index contributed by atoms with van der Waals surface area (Å²) >= 11 is 0. The Labute approximate surface area is 90.1 Å². The van der Waals surface area contributed by atoms with Crippen molar-refractivity contribution in [2.45, 2.75) is 44.0 Å².